The van der Waals surface area contributed by atoms with Crippen molar-refractivity contribution in [3.63, 3.8) is 0 Å². The van der Waals surface area contributed by atoms with Crippen molar-refractivity contribution in [2.24, 2.45) is 11.7 Å². The molecular formula is C11H24N2O3S. The minimum Gasteiger partial charge on any atom is -0.384 e. The van der Waals surface area contributed by atoms with E-state index in [9.17, 15) is 8.42 Å². The normalized spacial score (nSPS) is 30.4. The molecule has 0 spiro atoms. The second-order valence-electron chi connectivity index (χ2n) is 4.92. The minimum atomic E-state index is -3.30. The van der Waals surface area contributed by atoms with Gasteiger partial charge in [-0.1, -0.05) is 19.8 Å². The van der Waals surface area contributed by atoms with Crippen LogP contribution in [0.3, 0.4) is 0 Å². The van der Waals surface area contributed by atoms with Gasteiger partial charge in [0.05, 0.1) is 12.4 Å². The number of ether oxygens (including phenoxy) is 1. The summed E-state index contributed by atoms with van der Waals surface area (Å²) in [7, 11) is -1.80. The molecule has 1 aliphatic rings. The highest BCUT2D eigenvalue weighted by Crippen LogP contribution is 2.33. The van der Waals surface area contributed by atoms with Crippen molar-refractivity contribution in [2.75, 3.05) is 26.0 Å². The smallest absolute Gasteiger partial charge is 0.214 e. The zero-order valence-electron chi connectivity index (χ0n) is 10.7. The Balaban J connectivity index is 2.74. The van der Waals surface area contributed by atoms with Crippen LogP contribution >= 0.6 is 0 Å². The molecule has 0 bridgehead atoms. The molecule has 1 fully saturated rings. The fourth-order valence-corrected chi connectivity index (χ4v) is 3.96. The first-order chi connectivity index (χ1) is 7.96. The third-order valence-electron chi connectivity index (χ3n) is 3.73. The molecule has 2 unspecified atom stereocenters. The molecule has 0 radical (unpaired) electrons. The first kappa shape index (κ1) is 14.9. The number of sulfonamides is 1. The number of nitrogens with two attached hydrogens (primary N) is 1. The quantitative estimate of drug-likeness (QED) is 0.730. The van der Waals surface area contributed by atoms with E-state index in [0.717, 1.165) is 25.7 Å². The summed E-state index contributed by atoms with van der Waals surface area (Å²) < 4.78 is 31.5. The van der Waals surface area contributed by atoms with Gasteiger partial charge in [-0.15, -0.1) is 0 Å². The lowest BCUT2D eigenvalue weighted by Gasteiger charge is -2.42. The monoisotopic (exact) mass is 264 g/mol. The van der Waals surface area contributed by atoms with Crippen molar-refractivity contribution in [3.05, 3.63) is 0 Å². The zero-order chi connectivity index (χ0) is 12.9. The average Bonchev–Trinajstić information content (AvgIpc) is 2.29. The fraction of sp³-hybridized carbons (Fsp3) is 1.00. The third-order valence-corrected chi connectivity index (χ3v) is 5.15. The molecule has 0 heterocycles. The highest BCUT2D eigenvalue weighted by molar-refractivity contribution is 7.89. The minimum absolute atomic E-state index is 0.00201. The maximum Gasteiger partial charge on any atom is 0.214 e. The van der Waals surface area contributed by atoms with E-state index >= 15 is 0 Å². The molecule has 102 valence electrons. The summed E-state index contributed by atoms with van der Waals surface area (Å²) in [5.41, 5.74) is 5.35. The van der Waals surface area contributed by atoms with Crippen molar-refractivity contribution in [3.8, 4) is 0 Å². The van der Waals surface area contributed by atoms with E-state index in [4.69, 9.17) is 10.5 Å². The molecule has 0 aliphatic heterocycles. The Morgan fingerprint density at radius 2 is 2.18 bits per heavy atom. The van der Waals surface area contributed by atoms with Gasteiger partial charge in [-0.2, -0.15) is 0 Å². The van der Waals surface area contributed by atoms with Gasteiger partial charge in [0.1, 0.15) is 0 Å². The predicted molar refractivity (Wildman–Crippen MR) is 68.2 cm³/mol. The molecule has 17 heavy (non-hydrogen) atoms. The van der Waals surface area contributed by atoms with E-state index in [0.29, 0.717) is 12.5 Å². The summed E-state index contributed by atoms with van der Waals surface area (Å²) in [6.07, 6.45) is 4.05. The largest absolute Gasteiger partial charge is 0.384 e. The van der Waals surface area contributed by atoms with Crippen molar-refractivity contribution < 1.29 is 13.2 Å². The molecule has 0 aromatic carbocycles. The van der Waals surface area contributed by atoms with Crippen molar-refractivity contribution in [1.82, 2.24) is 4.72 Å². The number of nitrogens with one attached hydrogen (secondary N) is 1. The SMILES string of the molecule is COCCS(=O)(=O)NC1(CN)CCCCC1C. The number of hydrogen-bond acceptors (Lipinski definition) is 4. The van der Waals surface area contributed by atoms with Crippen LogP contribution in [-0.2, 0) is 14.8 Å². The van der Waals surface area contributed by atoms with Crippen LogP contribution in [0.5, 0.6) is 0 Å². The van der Waals surface area contributed by atoms with Crippen molar-refractivity contribution in [1.29, 1.82) is 0 Å². The molecule has 0 amide bonds. The predicted octanol–water partition coefficient (Wildman–Crippen LogP) is 0.460. The molecule has 0 saturated heterocycles. The third kappa shape index (κ3) is 3.91. The van der Waals surface area contributed by atoms with Gasteiger partial charge < -0.3 is 10.5 Å². The number of hydrogen-bond donors (Lipinski definition) is 2. The highest BCUT2D eigenvalue weighted by Gasteiger charge is 2.39. The molecule has 1 aliphatic carbocycles. The lowest BCUT2D eigenvalue weighted by molar-refractivity contribution is 0.188. The molecule has 5 nitrogen and oxygen atoms in total. The molecule has 1 saturated carbocycles. The molecular weight excluding hydrogens is 240 g/mol. The second kappa shape index (κ2) is 6.13. The Kier molecular flexibility index (Phi) is 5.37. The molecule has 2 atom stereocenters. The van der Waals surface area contributed by atoms with E-state index in [1.165, 1.54) is 7.11 Å². The molecule has 6 heteroatoms. The second-order valence-corrected chi connectivity index (χ2v) is 6.76. The Labute approximate surface area is 104 Å². The average molecular weight is 264 g/mol. The van der Waals surface area contributed by atoms with Crippen molar-refractivity contribution >= 4 is 10.0 Å². The summed E-state index contributed by atoms with van der Waals surface area (Å²) in [6, 6.07) is 0. The van der Waals surface area contributed by atoms with Crippen LogP contribution in [0.25, 0.3) is 0 Å². The topological polar surface area (TPSA) is 81.4 Å². The molecule has 0 aromatic heterocycles. The molecule has 3 N–H and O–H groups in total. The summed E-state index contributed by atoms with van der Waals surface area (Å²) in [4.78, 5) is 0. The Morgan fingerprint density at radius 1 is 1.47 bits per heavy atom. The van der Waals surface area contributed by atoms with Gasteiger partial charge in [0.25, 0.3) is 0 Å². The zero-order valence-corrected chi connectivity index (χ0v) is 11.6. The van der Waals surface area contributed by atoms with Gasteiger partial charge in [-0.25, -0.2) is 13.1 Å². The van der Waals surface area contributed by atoms with E-state index in [1.54, 1.807) is 0 Å². The summed E-state index contributed by atoms with van der Waals surface area (Å²) in [5, 5.41) is 0. The van der Waals surface area contributed by atoms with E-state index < -0.39 is 15.6 Å². The van der Waals surface area contributed by atoms with Crippen LogP contribution in [0.15, 0.2) is 0 Å². The van der Waals surface area contributed by atoms with Crippen LogP contribution in [0.1, 0.15) is 32.6 Å². The van der Waals surface area contributed by atoms with Crippen LogP contribution in [0.2, 0.25) is 0 Å². The molecule has 0 aromatic rings. The van der Waals surface area contributed by atoms with Gasteiger partial charge in [0.15, 0.2) is 0 Å². The Hall–Kier alpha value is -0.170. The van der Waals surface area contributed by atoms with Gasteiger partial charge in [0, 0.05) is 19.2 Å². The van der Waals surface area contributed by atoms with Crippen LogP contribution in [0.4, 0.5) is 0 Å². The first-order valence-corrected chi connectivity index (χ1v) is 7.81. The standard InChI is InChI=1S/C11H24N2O3S/c1-10-5-3-4-6-11(10,9-12)13-17(14,15)8-7-16-2/h10,13H,3-9,12H2,1-2H3. The number of rotatable bonds is 6. The van der Waals surface area contributed by atoms with Gasteiger partial charge in [0.2, 0.25) is 10.0 Å². The van der Waals surface area contributed by atoms with E-state index in [-0.39, 0.29) is 12.4 Å². The van der Waals surface area contributed by atoms with Crippen molar-refractivity contribution in [2.45, 2.75) is 38.1 Å². The maximum atomic E-state index is 11.9. The van der Waals surface area contributed by atoms with E-state index in [1.807, 2.05) is 0 Å². The number of methoxy groups -OCH3 is 1. The maximum absolute atomic E-state index is 11.9. The fourth-order valence-electron chi connectivity index (χ4n) is 2.46. The lowest BCUT2D eigenvalue weighted by atomic mass is 9.74. The highest BCUT2D eigenvalue weighted by atomic mass is 32.2. The van der Waals surface area contributed by atoms with Gasteiger partial charge >= 0.3 is 0 Å². The Bertz CT molecular complexity index is 332. The van der Waals surface area contributed by atoms with Gasteiger partial charge in [-0.05, 0) is 18.8 Å². The molecule has 1 rings (SSSR count). The lowest BCUT2D eigenvalue weighted by Crippen LogP contribution is -2.59. The summed E-state index contributed by atoms with van der Waals surface area (Å²) >= 11 is 0. The van der Waals surface area contributed by atoms with E-state index in [2.05, 4.69) is 11.6 Å². The first-order valence-electron chi connectivity index (χ1n) is 6.16. The summed E-state index contributed by atoms with van der Waals surface area (Å²) in [5.74, 6) is 0.288. The Morgan fingerprint density at radius 3 is 2.71 bits per heavy atom. The van der Waals surface area contributed by atoms with Gasteiger partial charge in [-0.3, -0.25) is 0 Å². The van der Waals surface area contributed by atoms with Crippen LogP contribution < -0.4 is 10.5 Å². The summed E-state index contributed by atoms with van der Waals surface area (Å²) in [6.45, 7) is 2.65. The van der Waals surface area contributed by atoms with Crippen LogP contribution in [0, 0.1) is 5.92 Å². The van der Waals surface area contributed by atoms with Crippen LogP contribution in [-0.4, -0.2) is 40.0 Å².